The average Bonchev–Trinajstić information content (AvgIpc) is 3.06. The molecule has 0 aliphatic heterocycles. The summed E-state index contributed by atoms with van der Waals surface area (Å²) in [5, 5.41) is 54.4. The van der Waals surface area contributed by atoms with Crippen LogP contribution < -0.4 is 21.1 Å². The summed E-state index contributed by atoms with van der Waals surface area (Å²) in [5.41, 5.74) is 6.44. The van der Waals surface area contributed by atoms with Crippen LogP contribution in [0.25, 0.3) is 6.08 Å². The van der Waals surface area contributed by atoms with Crippen molar-refractivity contribution in [2.24, 2.45) is 5.73 Å². The molecular formula is C34H49N3O10. The fourth-order valence-corrected chi connectivity index (χ4v) is 4.52. The molecule has 4 atom stereocenters. The molecule has 0 saturated carbocycles. The van der Waals surface area contributed by atoms with E-state index in [1.165, 1.54) is 50.0 Å². The summed E-state index contributed by atoms with van der Waals surface area (Å²) in [6, 6.07) is 9.62. The largest absolute Gasteiger partial charge is 0.504 e. The molecule has 0 aliphatic carbocycles. The SMILES string of the molecule is CCCCCCCCOc1ccc(NC(=O)C(CCCN)NC(=O)C(O)CC(OC(=O)/C=C/c2ccc(O)c(O)c2)C(O)CO)cc1. The van der Waals surface area contributed by atoms with Crippen molar-refractivity contribution < 1.29 is 49.4 Å². The number of benzene rings is 2. The molecule has 0 aliphatic rings. The van der Waals surface area contributed by atoms with E-state index in [-0.39, 0.29) is 18.7 Å². The molecule has 260 valence electrons. The number of unbranched alkanes of at least 4 members (excludes halogenated alkanes) is 5. The van der Waals surface area contributed by atoms with E-state index in [4.69, 9.17) is 15.2 Å². The fraction of sp³-hybridized carbons (Fsp3) is 0.500. The highest BCUT2D eigenvalue weighted by Gasteiger charge is 2.30. The molecule has 0 aromatic heterocycles. The number of nitrogens with two attached hydrogens (primary N) is 1. The minimum Gasteiger partial charge on any atom is -0.504 e. The van der Waals surface area contributed by atoms with Gasteiger partial charge in [0.2, 0.25) is 11.8 Å². The number of aromatic hydroxyl groups is 2. The van der Waals surface area contributed by atoms with Crippen molar-refractivity contribution in [2.75, 3.05) is 25.1 Å². The summed E-state index contributed by atoms with van der Waals surface area (Å²) in [4.78, 5) is 38.3. The van der Waals surface area contributed by atoms with Gasteiger partial charge in [0.25, 0.3) is 0 Å². The standard InChI is InChI=1S/C34H49N3O10/c1-2-3-4-5-6-7-19-46-25-14-12-24(13-15-25)36-33(44)26(9-8-18-35)37-34(45)29(41)21-31(30(42)22-38)47-32(43)17-11-23-10-16-27(39)28(40)20-23/h10-17,20,26,29-31,38-42H,2-9,18-19,21-22,35H2,1H3,(H,36,44)(H,37,45)/b17-11+. The minimum atomic E-state index is -1.82. The van der Waals surface area contributed by atoms with Crippen molar-refractivity contribution in [3.8, 4) is 17.2 Å². The number of rotatable bonds is 22. The number of carbonyl (C=O) groups excluding carboxylic acids is 3. The van der Waals surface area contributed by atoms with Gasteiger partial charge in [0.15, 0.2) is 11.5 Å². The van der Waals surface area contributed by atoms with E-state index < -0.39 is 60.9 Å². The number of phenols is 2. The van der Waals surface area contributed by atoms with E-state index in [1.54, 1.807) is 24.3 Å². The number of esters is 1. The van der Waals surface area contributed by atoms with Gasteiger partial charge in [0, 0.05) is 18.2 Å². The third kappa shape index (κ3) is 14.9. The number of ether oxygens (including phenoxy) is 2. The van der Waals surface area contributed by atoms with Crippen LogP contribution >= 0.6 is 0 Å². The van der Waals surface area contributed by atoms with Crippen molar-refractivity contribution in [1.29, 1.82) is 0 Å². The Bertz CT molecular complexity index is 1270. The number of carbonyl (C=O) groups is 3. The van der Waals surface area contributed by atoms with Gasteiger partial charge in [-0.15, -0.1) is 0 Å². The Morgan fingerprint density at radius 2 is 1.62 bits per heavy atom. The number of hydrogen-bond acceptors (Lipinski definition) is 11. The lowest BCUT2D eigenvalue weighted by Crippen LogP contribution is -2.49. The minimum absolute atomic E-state index is 0.176. The molecule has 2 aromatic rings. The van der Waals surface area contributed by atoms with Crippen LogP contribution in [0.3, 0.4) is 0 Å². The number of amides is 2. The molecule has 0 radical (unpaired) electrons. The van der Waals surface area contributed by atoms with Crippen LogP contribution in [-0.4, -0.2) is 87.4 Å². The molecule has 0 bridgehead atoms. The number of hydrogen-bond donors (Lipinski definition) is 8. The molecule has 4 unspecified atom stereocenters. The van der Waals surface area contributed by atoms with Crippen molar-refractivity contribution >= 4 is 29.5 Å². The molecule has 2 aromatic carbocycles. The highest BCUT2D eigenvalue weighted by molar-refractivity contribution is 5.97. The number of phenolic OH excluding ortho intramolecular Hbond substituents is 2. The molecule has 0 heterocycles. The molecule has 0 fully saturated rings. The van der Waals surface area contributed by atoms with Crippen LogP contribution in [0.1, 0.15) is 70.3 Å². The summed E-state index contributed by atoms with van der Waals surface area (Å²) >= 11 is 0. The van der Waals surface area contributed by atoms with Crippen LogP contribution in [0.2, 0.25) is 0 Å². The lowest BCUT2D eigenvalue weighted by atomic mass is 10.0. The van der Waals surface area contributed by atoms with Gasteiger partial charge in [-0.2, -0.15) is 0 Å². The van der Waals surface area contributed by atoms with Crippen molar-refractivity contribution in [3.63, 3.8) is 0 Å². The lowest BCUT2D eigenvalue weighted by Gasteiger charge is -2.25. The smallest absolute Gasteiger partial charge is 0.331 e. The zero-order chi connectivity index (χ0) is 34.6. The van der Waals surface area contributed by atoms with E-state index >= 15 is 0 Å². The van der Waals surface area contributed by atoms with Gasteiger partial charge >= 0.3 is 5.97 Å². The van der Waals surface area contributed by atoms with E-state index in [9.17, 15) is 39.9 Å². The fourth-order valence-electron chi connectivity index (χ4n) is 4.52. The van der Waals surface area contributed by atoms with Gasteiger partial charge in [-0.05, 0) is 73.8 Å². The van der Waals surface area contributed by atoms with Gasteiger partial charge < -0.3 is 51.4 Å². The first-order valence-electron chi connectivity index (χ1n) is 16.0. The van der Waals surface area contributed by atoms with Crippen LogP contribution in [0.4, 0.5) is 5.69 Å². The molecule has 9 N–H and O–H groups in total. The normalized spacial score (nSPS) is 13.8. The maximum Gasteiger partial charge on any atom is 0.331 e. The Balaban J connectivity index is 1.94. The zero-order valence-electron chi connectivity index (χ0n) is 26.8. The number of aliphatic hydroxyl groups excluding tert-OH is 3. The lowest BCUT2D eigenvalue weighted by molar-refractivity contribution is -0.155. The summed E-state index contributed by atoms with van der Waals surface area (Å²) < 4.78 is 10.9. The highest BCUT2D eigenvalue weighted by atomic mass is 16.6. The Labute approximate surface area is 275 Å². The molecular weight excluding hydrogens is 610 g/mol. The first kappa shape index (κ1) is 39.0. The van der Waals surface area contributed by atoms with Gasteiger partial charge in [0.05, 0.1) is 13.2 Å². The Morgan fingerprint density at radius 1 is 0.915 bits per heavy atom. The topological polar surface area (TPSA) is 221 Å². The molecule has 2 amide bonds. The maximum atomic E-state index is 13.1. The molecule has 2 rings (SSSR count). The third-order valence-corrected chi connectivity index (χ3v) is 7.27. The average molecular weight is 660 g/mol. The second-order valence-corrected chi connectivity index (χ2v) is 11.2. The molecule has 0 saturated heterocycles. The molecule has 13 nitrogen and oxygen atoms in total. The summed E-state index contributed by atoms with van der Waals surface area (Å²) in [5.74, 6) is -2.54. The predicted octanol–water partition coefficient (Wildman–Crippen LogP) is 2.73. The molecule has 47 heavy (non-hydrogen) atoms. The predicted molar refractivity (Wildman–Crippen MR) is 177 cm³/mol. The Morgan fingerprint density at radius 3 is 2.28 bits per heavy atom. The quantitative estimate of drug-likeness (QED) is 0.0397. The summed E-state index contributed by atoms with van der Waals surface area (Å²) in [7, 11) is 0. The van der Waals surface area contributed by atoms with Gasteiger partial charge in [-0.25, -0.2) is 4.79 Å². The number of aliphatic hydroxyl groups is 3. The van der Waals surface area contributed by atoms with E-state index in [1.807, 2.05) is 0 Å². The number of anilines is 1. The first-order chi connectivity index (χ1) is 22.6. The van der Waals surface area contributed by atoms with Crippen molar-refractivity contribution in [1.82, 2.24) is 5.32 Å². The Hall–Kier alpha value is -4.17. The van der Waals surface area contributed by atoms with Gasteiger partial charge in [-0.3, -0.25) is 9.59 Å². The molecule has 0 spiro atoms. The van der Waals surface area contributed by atoms with Crippen LogP contribution in [0.15, 0.2) is 48.5 Å². The Kier molecular flexibility index (Phi) is 17.9. The van der Waals surface area contributed by atoms with Gasteiger partial charge in [0.1, 0.15) is 30.1 Å². The highest BCUT2D eigenvalue weighted by Crippen LogP contribution is 2.25. The van der Waals surface area contributed by atoms with Gasteiger partial charge in [-0.1, -0.05) is 45.1 Å². The summed E-state index contributed by atoms with van der Waals surface area (Å²) in [6.45, 7) is 2.21. The van der Waals surface area contributed by atoms with E-state index in [0.717, 1.165) is 18.9 Å². The number of nitrogens with one attached hydrogen (secondary N) is 2. The van der Waals surface area contributed by atoms with E-state index in [2.05, 4.69) is 17.6 Å². The van der Waals surface area contributed by atoms with Crippen molar-refractivity contribution in [2.45, 2.75) is 89.1 Å². The van der Waals surface area contributed by atoms with Crippen LogP contribution in [0, 0.1) is 0 Å². The third-order valence-electron chi connectivity index (χ3n) is 7.27. The van der Waals surface area contributed by atoms with Crippen LogP contribution in [-0.2, 0) is 19.1 Å². The zero-order valence-corrected chi connectivity index (χ0v) is 26.8. The van der Waals surface area contributed by atoms with Crippen LogP contribution in [0.5, 0.6) is 17.2 Å². The maximum absolute atomic E-state index is 13.1. The molecule has 13 heteroatoms. The van der Waals surface area contributed by atoms with E-state index in [0.29, 0.717) is 30.0 Å². The van der Waals surface area contributed by atoms with Crippen molar-refractivity contribution in [3.05, 3.63) is 54.1 Å². The summed E-state index contributed by atoms with van der Waals surface area (Å²) in [6.07, 6.45) is 4.24. The monoisotopic (exact) mass is 659 g/mol. The second kappa shape index (κ2) is 21.6. The first-order valence-corrected chi connectivity index (χ1v) is 16.0. The second-order valence-electron chi connectivity index (χ2n) is 11.2.